The van der Waals surface area contributed by atoms with Crippen molar-refractivity contribution in [3.05, 3.63) is 76.7 Å². The van der Waals surface area contributed by atoms with Crippen molar-refractivity contribution in [1.29, 1.82) is 0 Å². The van der Waals surface area contributed by atoms with Crippen LogP contribution in [0.5, 0.6) is 0 Å². The lowest BCUT2D eigenvalue weighted by Gasteiger charge is -2.32. The number of hydrogen-bond acceptors (Lipinski definition) is 6. The minimum absolute atomic E-state index is 0.0238. The topological polar surface area (TPSA) is 90.8 Å². The number of carbonyl (C=O) groups excluding carboxylic acids is 1. The van der Waals surface area contributed by atoms with E-state index >= 15 is 0 Å². The summed E-state index contributed by atoms with van der Waals surface area (Å²) in [5.74, 6) is -2.13. The smallest absolute Gasteiger partial charge is 0.394 e. The lowest BCUT2D eigenvalue weighted by atomic mass is 9.81. The Balaban J connectivity index is 1.85. The standard InChI is InChI=1S/C29H28F7N3O4S/c1-16-7-20(30)5-6-22(16)23-11-25(39-15-44(42,43)14-21(39)13-40)37-12-24(23)38(4)26(41)27(2,3)17-8-18(28(31,32)33)10-19(9-17)29(34,35)36/h5-12,21,40H,13-15H2,1-4H3. The molecular formula is C29H28F7N3O4S. The highest BCUT2D eigenvalue weighted by Gasteiger charge is 2.42. The van der Waals surface area contributed by atoms with Gasteiger partial charge in [0.15, 0.2) is 9.84 Å². The highest BCUT2D eigenvalue weighted by atomic mass is 32.2. The molecule has 1 aromatic heterocycles. The molecule has 1 aliphatic heterocycles. The summed E-state index contributed by atoms with van der Waals surface area (Å²) in [5.41, 5.74) is -4.49. The Kier molecular flexibility index (Phi) is 8.54. The number of halogens is 7. The molecule has 1 unspecified atom stereocenters. The Morgan fingerprint density at radius 2 is 1.55 bits per heavy atom. The van der Waals surface area contributed by atoms with Crippen LogP contribution in [0, 0.1) is 12.7 Å². The van der Waals surface area contributed by atoms with Crippen molar-refractivity contribution in [3.63, 3.8) is 0 Å². The second-order valence-electron chi connectivity index (χ2n) is 11.1. The third kappa shape index (κ3) is 6.53. The predicted octanol–water partition coefficient (Wildman–Crippen LogP) is 5.73. The second-order valence-corrected chi connectivity index (χ2v) is 13.2. The monoisotopic (exact) mass is 647 g/mol. The molecule has 1 fully saturated rings. The van der Waals surface area contributed by atoms with E-state index in [4.69, 9.17) is 0 Å². The van der Waals surface area contributed by atoms with E-state index in [1.807, 2.05) is 0 Å². The number of anilines is 2. The summed E-state index contributed by atoms with van der Waals surface area (Å²) in [5, 5.41) is 9.77. The highest BCUT2D eigenvalue weighted by molar-refractivity contribution is 7.91. The number of benzene rings is 2. The first-order valence-corrected chi connectivity index (χ1v) is 14.9. The van der Waals surface area contributed by atoms with Crippen molar-refractivity contribution in [2.45, 2.75) is 44.6 Å². The highest BCUT2D eigenvalue weighted by Crippen LogP contribution is 2.41. The van der Waals surface area contributed by atoms with Gasteiger partial charge in [-0.1, -0.05) is 6.07 Å². The molecule has 1 atom stereocenters. The Labute approximate surface area is 248 Å². The minimum Gasteiger partial charge on any atom is -0.394 e. The number of carbonyl (C=O) groups is 1. The fraction of sp³-hybridized carbons (Fsp3) is 0.379. The van der Waals surface area contributed by atoms with Crippen molar-refractivity contribution in [2.24, 2.45) is 0 Å². The molecule has 1 N–H and O–H groups in total. The molecule has 0 aliphatic carbocycles. The van der Waals surface area contributed by atoms with Crippen molar-refractivity contribution in [3.8, 4) is 11.1 Å². The zero-order valence-corrected chi connectivity index (χ0v) is 24.7. The zero-order chi connectivity index (χ0) is 33.0. The number of hydrogen-bond donors (Lipinski definition) is 1. The number of aromatic nitrogens is 1. The summed E-state index contributed by atoms with van der Waals surface area (Å²) in [7, 11) is -2.30. The van der Waals surface area contributed by atoms with Crippen molar-refractivity contribution in [2.75, 3.05) is 35.1 Å². The summed E-state index contributed by atoms with van der Waals surface area (Å²) in [6.07, 6.45) is -9.04. The molecule has 238 valence electrons. The normalized spacial score (nSPS) is 17.2. The largest absolute Gasteiger partial charge is 0.416 e. The average molecular weight is 648 g/mol. The lowest BCUT2D eigenvalue weighted by molar-refractivity contribution is -0.143. The fourth-order valence-corrected chi connectivity index (χ4v) is 6.88. The van der Waals surface area contributed by atoms with Gasteiger partial charge < -0.3 is 14.9 Å². The van der Waals surface area contributed by atoms with Crippen molar-refractivity contribution < 1.29 is 49.1 Å². The van der Waals surface area contributed by atoms with Crippen LogP contribution in [0.15, 0.2) is 48.7 Å². The van der Waals surface area contributed by atoms with Gasteiger partial charge in [-0.05, 0) is 73.9 Å². The van der Waals surface area contributed by atoms with Crippen LogP contribution in [-0.4, -0.2) is 55.7 Å². The van der Waals surface area contributed by atoms with Crippen LogP contribution >= 0.6 is 0 Å². The van der Waals surface area contributed by atoms with Gasteiger partial charge in [0, 0.05) is 12.6 Å². The number of aliphatic hydroxyl groups excluding tert-OH is 1. The van der Waals surface area contributed by atoms with Crippen molar-refractivity contribution in [1.82, 2.24) is 4.98 Å². The first kappa shape index (κ1) is 33.2. The number of nitrogens with zero attached hydrogens (tertiary/aromatic N) is 3. The molecule has 4 rings (SSSR count). The van der Waals surface area contributed by atoms with Crippen LogP contribution in [0.1, 0.15) is 36.1 Å². The third-order valence-electron chi connectivity index (χ3n) is 7.59. The zero-order valence-electron chi connectivity index (χ0n) is 23.9. The first-order valence-electron chi connectivity index (χ1n) is 13.1. The molecule has 15 heteroatoms. The average Bonchev–Trinajstić information content (AvgIpc) is 3.25. The van der Waals surface area contributed by atoms with E-state index in [2.05, 4.69) is 4.98 Å². The molecule has 1 aliphatic rings. The SMILES string of the molecule is Cc1cc(F)ccc1-c1cc(N2CS(=O)(=O)CC2CO)ncc1N(C)C(=O)C(C)(C)c1cc(C(F)(F)F)cc(C(F)(F)F)c1. The van der Waals surface area contributed by atoms with E-state index in [0.29, 0.717) is 23.3 Å². The minimum atomic E-state index is -5.12. The van der Waals surface area contributed by atoms with Gasteiger partial charge >= 0.3 is 12.4 Å². The van der Waals surface area contributed by atoms with E-state index in [0.717, 1.165) is 11.0 Å². The summed E-state index contributed by atoms with van der Waals surface area (Å²) < 4.78 is 120. The number of aliphatic hydroxyl groups is 1. The molecule has 1 amide bonds. The van der Waals surface area contributed by atoms with Crippen LogP contribution in [-0.2, 0) is 32.4 Å². The number of rotatable bonds is 6. The van der Waals surface area contributed by atoms with E-state index in [1.165, 1.54) is 50.2 Å². The molecule has 0 saturated carbocycles. The van der Waals surface area contributed by atoms with Gasteiger partial charge in [-0.3, -0.25) is 4.79 Å². The van der Waals surface area contributed by atoms with Gasteiger partial charge in [-0.2, -0.15) is 26.3 Å². The van der Waals surface area contributed by atoms with Crippen LogP contribution < -0.4 is 9.80 Å². The van der Waals surface area contributed by atoms with Crippen LogP contribution in [0.25, 0.3) is 11.1 Å². The first-order chi connectivity index (χ1) is 20.2. The van der Waals surface area contributed by atoms with Gasteiger partial charge in [0.2, 0.25) is 5.91 Å². The number of pyridine rings is 1. The van der Waals surface area contributed by atoms with E-state index < -0.39 is 74.5 Å². The molecule has 7 nitrogen and oxygen atoms in total. The third-order valence-corrected chi connectivity index (χ3v) is 9.15. The number of aryl methyl sites for hydroxylation is 1. The van der Waals surface area contributed by atoms with E-state index in [-0.39, 0.29) is 28.9 Å². The summed E-state index contributed by atoms with van der Waals surface area (Å²) >= 11 is 0. The molecular weight excluding hydrogens is 619 g/mol. The van der Waals surface area contributed by atoms with Crippen LogP contribution in [0.2, 0.25) is 0 Å². The Bertz CT molecular complexity index is 1670. The van der Waals surface area contributed by atoms with E-state index in [9.17, 15) is 49.1 Å². The van der Waals surface area contributed by atoms with Crippen LogP contribution in [0.3, 0.4) is 0 Å². The van der Waals surface area contributed by atoms with Crippen LogP contribution in [0.4, 0.5) is 42.2 Å². The van der Waals surface area contributed by atoms with E-state index in [1.54, 1.807) is 6.92 Å². The summed E-state index contributed by atoms with van der Waals surface area (Å²) in [6.45, 7) is 3.45. The van der Waals surface area contributed by atoms with Gasteiger partial charge in [0.05, 0.1) is 46.8 Å². The molecule has 1 saturated heterocycles. The maximum absolute atomic E-state index is 14.0. The number of likely N-dealkylation sites (N-methyl/N-ethyl adjacent to an activating group) is 1. The Morgan fingerprint density at radius 3 is 2.07 bits per heavy atom. The molecule has 2 heterocycles. The predicted molar refractivity (Wildman–Crippen MR) is 149 cm³/mol. The number of sulfone groups is 1. The van der Waals surface area contributed by atoms with Gasteiger partial charge in [0.25, 0.3) is 0 Å². The summed E-state index contributed by atoms with van der Waals surface area (Å²) in [6, 6.07) is 5.35. The summed E-state index contributed by atoms with van der Waals surface area (Å²) in [4.78, 5) is 20.6. The van der Waals surface area contributed by atoms with Gasteiger partial charge in [-0.25, -0.2) is 17.8 Å². The Morgan fingerprint density at radius 1 is 0.977 bits per heavy atom. The van der Waals surface area contributed by atoms with Gasteiger partial charge in [-0.15, -0.1) is 0 Å². The number of amides is 1. The maximum Gasteiger partial charge on any atom is 0.416 e. The quantitative estimate of drug-likeness (QED) is 0.344. The van der Waals surface area contributed by atoms with Gasteiger partial charge in [0.1, 0.15) is 17.5 Å². The maximum atomic E-state index is 14.0. The second kappa shape index (κ2) is 11.3. The number of alkyl halides is 6. The molecule has 0 spiro atoms. The molecule has 2 aromatic carbocycles. The lowest BCUT2D eigenvalue weighted by Crippen LogP contribution is -2.42. The molecule has 44 heavy (non-hydrogen) atoms. The molecule has 3 aromatic rings. The Hall–Kier alpha value is -3.72. The molecule has 0 radical (unpaired) electrons. The molecule has 0 bridgehead atoms. The fourth-order valence-electron chi connectivity index (χ4n) is 5.13. The van der Waals surface area contributed by atoms with Crippen molar-refractivity contribution >= 4 is 27.2 Å².